The predicted molar refractivity (Wildman–Crippen MR) is 89.7 cm³/mol. The summed E-state index contributed by atoms with van der Waals surface area (Å²) in [6, 6.07) is 15.3. The first kappa shape index (κ1) is 15.4. The molecule has 106 valence electrons. The largest absolute Gasteiger partial charge is 0.306 e. The van der Waals surface area contributed by atoms with E-state index in [2.05, 4.69) is 54.9 Å². The Morgan fingerprint density at radius 2 is 1.85 bits per heavy atom. The Hall–Kier alpha value is -0.960. The number of nitrogens with one attached hydrogen (secondary N) is 1. The highest BCUT2D eigenvalue weighted by Gasteiger charge is 2.05. The number of hydrogen-bond donors (Lipinski definition) is 1. The van der Waals surface area contributed by atoms with Crippen molar-refractivity contribution in [2.45, 2.75) is 31.3 Å². The Bertz CT molecular complexity index is 566. The van der Waals surface area contributed by atoms with Crippen LogP contribution >= 0.6 is 23.4 Å². The predicted octanol–water partition coefficient (Wildman–Crippen LogP) is 5.22. The topological polar surface area (TPSA) is 12.0 Å². The van der Waals surface area contributed by atoms with Crippen LogP contribution in [0.5, 0.6) is 0 Å². The summed E-state index contributed by atoms with van der Waals surface area (Å²) in [6.45, 7) is 5.03. The minimum atomic E-state index is 0.325. The first-order valence-corrected chi connectivity index (χ1v) is 8.33. The van der Waals surface area contributed by atoms with Crippen molar-refractivity contribution in [2.75, 3.05) is 6.26 Å². The zero-order valence-corrected chi connectivity index (χ0v) is 13.7. The van der Waals surface area contributed by atoms with Gasteiger partial charge in [-0.3, -0.25) is 0 Å². The third kappa shape index (κ3) is 4.02. The van der Waals surface area contributed by atoms with Crippen LogP contribution in [0.25, 0.3) is 0 Å². The Labute approximate surface area is 130 Å². The maximum Gasteiger partial charge on any atom is 0.0438 e. The van der Waals surface area contributed by atoms with Crippen molar-refractivity contribution >= 4 is 23.4 Å². The molecular formula is C17H20ClNS. The summed E-state index contributed by atoms with van der Waals surface area (Å²) in [7, 11) is 0. The zero-order chi connectivity index (χ0) is 14.5. The molecule has 2 aromatic carbocycles. The van der Waals surface area contributed by atoms with Crippen LogP contribution in [0.1, 0.15) is 29.7 Å². The average molecular weight is 306 g/mol. The van der Waals surface area contributed by atoms with Gasteiger partial charge in [0, 0.05) is 22.5 Å². The van der Waals surface area contributed by atoms with E-state index in [1.807, 2.05) is 13.0 Å². The lowest BCUT2D eigenvalue weighted by Crippen LogP contribution is -2.18. The van der Waals surface area contributed by atoms with Crippen molar-refractivity contribution in [2.24, 2.45) is 0 Å². The third-order valence-electron chi connectivity index (χ3n) is 3.46. The van der Waals surface area contributed by atoms with Gasteiger partial charge in [-0.15, -0.1) is 11.8 Å². The number of thioether (sulfide) groups is 1. The molecule has 0 aliphatic heterocycles. The van der Waals surface area contributed by atoms with E-state index in [-0.39, 0.29) is 0 Å². The normalized spacial score (nSPS) is 12.4. The van der Waals surface area contributed by atoms with Gasteiger partial charge in [0.1, 0.15) is 0 Å². The molecule has 0 radical (unpaired) electrons. The molecule has 0 fully saturated rings. The highest BCUT2D eigenvalue weighted by atomic mass is 35.5. The quantitative estimate of drug-likeness (QED) is 0.760. The molecule has 0 spiro atoms. The van der Waals surface area contributed by atoms with E-state index in [1.54, 1.807) is 11.8 Å². The molecule has 0 aliphatic rings. The van der Waals surface area contributed by atoms with Gasteiger partial charge in [-0.1, -0.05) is 35.9 Å². The van der Waals surface area contributed by atoms with Gasteiger partial charge in [-0.2, -0.15) is 0 Å². The van der Waals surface area contributed by atoms with Gasteiger partial charge in [-0.25, -0.2) is 0 Å². The van der Waals surface area contributed by atoms with Gasteiger partial charge in [0.25, 0.3) is 0 Å². The lowest BCUT2D eigenvalue weighted by atomic mass is 10.1. The monoisotopic (exact) mass is 305 g/mol. The van der Waals surface area contributed by atoms with Gasteiger partial charge in [-0.05, 0) is 55.0 Å². The lowest BCUT2D eigenvalue weighted by Gasteiger charge is -2.15. The summed E-state index contributed by atoms with van der Waals surface area (Å²) in [4.78, 5) is 1.30. The van der Waals surface area contributed by atoms with E-state index in [0.29, 0.717) is 6.04 Å². The minimum Gasteiger partial charge on any atom is -0.306 e. The second-order valence-corrected chi connectivity index (χ2v) is 6.25. The SMILES string of the molecule is CSc1ccc(C(C)NCc2ccc(C)c(Cl)c2)cc1. The maximum atomic E-state index is 6.15. The molecule has 1 nitrogen and oxygen atoms in total. The van der Waals surface area contributed by atoms with Crippen LogP contribution in [0.4, 0.5) is 0 Å². The number of halogens is 1. The van der Waals surface area contributed by atoms with Crippen molar-refractivity contribution in [3.63, 3.8) is 0 Å². The second-order valence-electron chi connectivity index (χ2n) is 4.96. The fourth-order valence-corrected chi connectivity index (χ4v) is 2.64. The van der Waals surface area contributed by atoms with Gasteiger partial charge in [0.2, 0.25) is 0 Å². The van der Waals surface area contributed by atoms with E-state index >= 15 is 0 Å². The molecule has 0 heterocycles. The standard InChI is InChI=1S/C17H20ClNS/c1-12-4-5-14(10-17(12)18)11-19-13(2)15-6-8-16(20-3)9-7-15/h4-10,13,19H,11H2,1-3H3. The molecule has 0 saturated carbocycles. The van der Waals surface area contributed by atoms with Crippen molar-refractivity contribution in [1.82, 2.24) is 5.32 Å². The Morgan fingerprint density at radius 3 is 2.45 bits per heavy atom. The van der Waals surface area contributed by atoms with Crippen molar-refractivity contribution in [3.8, 4) is 0 Å². The summed E-state index contributed by atoms with van der Waals surface area (Å²) in [5.74, 6) is 0. The Morgan fingerprint density at radius 1 is 1.15 bits per heavy atom. The first-order valence-electron chi connectivity index (χ1n) is 6.72. The van der Waals surface area contributed by atoms with Crippen LogP contribution in [0, 0.1) is 6.92 Å². The van der Waals surface area contributed by atoms with Gasteiger partial charge in [0.15, 0.2) is 0 Å². The van der Waals surface area contributed by atoms with Crippen molar-refractivity contribution in [3.05, 3.63) is 64.2 Å². The number of hydrogen-bond acceptors (Lipinski definition) is 2. The molecule has 0 saturated heterocycles. The fourth-order valence-electron chi connectivity index (χ4n) is 2.03. The van der Waals surface area contributed by atoms with Crippen LogP contribution < -0.4 is 5.32 Å². The molecule has 0 aliphatic carbocycles. The minimum absolute atomic E-state index is 0.325. The van der Waals surface area contributed by atoms with Crippen LogP contribution in [-0.2, 0) is 6.54 Å². The molecule has 20 heavy (non-hydrogen) atoms. The lowest BCUT2D eigenvalue weighted by molar-refractivity contribution is 0.574. The second kappa shape index (κ2) is 7.16. The highest BCUT2D eigenvalue weighted by molar-refractivity contribution is 7.98. The fraction of sp³-hybridized carbons (Fsp3) is 0.294. The van der Waals surface area contributed by atoms with Gasteiger partial charge in [0.05, 0.1) is 0 Å². The Kier molecular flexibility index (Phi) is 5.53. The molecule has 2 aromatic rings. The number of aryl methyl sites for hydroxylation is 1. The summed E-state index contributed by atoms with van der Waals surface area (Å²) < 4.78 is 0. The molecule has 3 heteroatoms. The smallest absolute Gasteiger partial charge is 0.0438 e. The Balaban J connectivity index is 1.96. The first-order chi connectivity index (χ1) is 9.60. The average Bonchev–Trinajstić information content (AvgIpc) is 2.48. The zero-order valence-electron chi connectivity index (χ0n) is 12.1. The molecule has 0 bridgehead atoms. The molecule has 1 unspecified atom stereocenters. The molecule has 1 atom stereocenters. The summed E-state index contributed by atoms with van der Waals surface area (Å²) >= 11 is 7.92. The van der Waals surface area contributed by atoms with E-state index in [9.17, 15) is 0 Å². The molecule has 0 aromatic heterocycles. The third-order valence-corrected chi connectivity index (χ3v) is 4.62. The van der Waals surface area contributed by atoms with Crippen LogP contribution in [0.15, 0.2) is 47.4 Å². The molecule has 1 N–H and O–H groups in total. The van der Waals surface area contributed by atoms with Crippen molar-refractivity contribution in [1.29, 1.82) is 0 Å². The van der Waals surface area contributed by atoms with E-state index in [4.69, 9.17) is 11.6 Å². The van der Waals surface area contributed by atoms with E-state index in [0.717, 1.165) is 17.1 Å². The molecule has 0 amide bonds. The number of benzene rings is 2. The van der Waals surface area contributed by atoms with Crippen molar-refractivity contribution < 1.29 is 0 Å². The molecule has 2 rings (SSSR count). The number of rotatable bonds is 5. The van der Waals surface area contributed by atoms with Crippen LogP contribution in [-0.4, -0.2) is 6.26 Å². The van der Waals surface area contributed by atoms with E-state index in [1.165, 1.54) is 16.0 Å². The van der Waals surface area contributed by atoms with E-state index < -0.39 is 0 Å². The summed E-state index contributed by atoms with van der Waals surface area (Å²) in [5, 5.41) is 4.37. The van der Waals surface area contributed by atoms with Gasteiger partial charge >= 0.3 is 0 Å². The van der Waals surface area contributed by atoms with Gasteiger partial charge < -0.3 is 5.32 Å². The summed E-state index contributed by atoms with van der Waals surface area (Å²) in [5.41, 5.74) is 3.64. The maximum absolute atomic E-state index is 6.15. The highest BCUT2D eigenvalue weighted by Crippen LogP contribution is 2.20. The summed E-state index contributed by atoms with van der Waals surface area (Å²) in [6.07, 6.45) is 2.10. The van der Waals surface area contributed by atoms with Crippen LogP contribution in [0.2, 0.25) is 5.02 Å². The molecular weight excluding hydrogens is 286 g/mol. The van der Waals surface area contributed by atoms with Crippen LogP contribution in [0.3, 0.4) is 0 Å².